The van der Waals surface area contributed by atoms with E-state index in [0.29, 0.717) is 23.0 Å². The van der Waals surface area contributed by atoms with Gasteiger partial charge in [-0.2, -0.15) is 10.1 Å². The maximum Gasteiger partial charge on any atom is 0.263 e. The summed E-state index contributed by atoms with van der Waals surface area (Å²) in [6.45, 7) is 2.02. The molecular formula is C15H18N6O. The highest BCUT2D eigenvalue weighted by Gasteiger charge is 2.24. The molecule has 7 heteroatoms. The third kappa shape index (κ3) is 1.96. The molecule has 3 heterocycles. The van der Waals surface area contributed by atoms with E-state index >= 15 is 0 Å². The summed E-state index contributed by atoms with van der Waals surface area (Å²) in [5, 5.41) is 5.31. The van der Waals surface area contributed by atoms with Gasteiger partial charge in [0.2, 0.25) is 5.95 Å². The number of aromatic amines is 1. The fourth-order valence-electron chi connectivity index (χ4n) is 3.26. The second-order valence-corrected chi connectivity index (χ2v) is 5.74. The molecule has 3 aromatic heterocycles. The number of imidazole rings is 1. The minimum atomic E-state index is -0.130. The van der Waals surface area contributed by atoms with Crippen molar-refractivity contribution in [3.05, 3.63) is 34.8 Å². The van der Waals surface area contributed by atoms with Gasteiger partial charge in [-0.3, -0.25) is 14.3 Å². The number of hydrogen-bond donors (Lipinski definition) is 1. The van der Waals surface area contributed by atoms with Gasteiger partial charge in [-0.1, -0.05) is 19.8 Å². The lowest BCUT2D eigenvalue weighted by Crippen LogP contribution is -2.15. The van der Waals surface area contributed by atoms with Gasteiger partial charge in [-0.25, -0.2) is 9.67 Å². The lowest BCUT2D eigenvalue weighted by atomic mass is 10.2. The molecule has 0 saturated heterocycles. The number of rotatable bonds is 3. The maximum absolute atomic E-state index is 12.5. The van der Waals surface area contributed by atoms with Crippen LogP contribution in [0, 0.1) is 0 Å². The second kappa shape index (κ2) is 5.08. The summed E-state index contributed by atoms with van der Waals surface area (Å²) in [6.07, 6.45) is 10.4. The molecule has 22 heavy (non-hydrogen) atoms. The van der Waals surface area contributed by atoms with Crippen molar-refractivity contribution in [3.63, 3.8) is 0 Å². The van der Waals surface area contributed by atoms with Gasteiger partial charge >= 0.3 is 0 Å². The van der Waals surface area contributed by atoms with E-state index in [1.165, 1.54) is 12.8 Å². The van der Waals surface area contributed by atoms with E-state index in [-0.39, 0.29) is 5.56 Å². The molecule has 1 saturated carbocycles. The van der Waals surface area contributed by atoms with Crippen molar-refractivity contribution in [2.45, 2.75) is 45.1 Å². The van der Waals surface area contributed by atoms with Crippen LogP contribution in [0.25, 0.3) is 17.0 Å². The van der Waals surface area contributed by atoms with Gasteiger partial charge in [-0.15, -0.1) is 0 Å². The quantitative estimate of drug-likeness (QED) is 0.801. The van der Waals surface area contributed by atoms with Crippen LogP contribution >= 0.6 is 0 Å². The zero-order valence-electron chi connectivity index (χ0n) is 12.5. The monoisotopic (exact) mass is 298 g/mol. The van der Waals surface area contributed by atoms with Gasteiger partial charge in [-0.05, 0) is 19.3 Å². The van der Waals surface area contributed by atoms with Crippen molar-refractivity contribution in [2.24, 2.45) is 0 Å². The van der Waals surface area contributed by atoms with Crippen LogP contribution in [0.15, 0.2) is 23.5 Å². The van der Waals surface area contributed by atoms with E-state index in [1.54, 1.807) is 23.3 Å². The van der Waals surface area contributed by atoms with Crippen molar-refractivity contribution >= 4 is 11.0 Å². The topological polar surface area (TPSA) is 81.4 Å². The van der Waals surface area contributed by atoms with Crippen molar-refractivity contribution in [3.8, 4) is 5.95 Å². The molecule has 0 atom stereocenters. The molecule has 3 aromatic rings. The minimum absolute atomic E-state index is 0.130. The first-order chi connectivity index (χ1) is 10.8. The largest absolute Gasteiger partial charge is 0.291 e. The molecule has 0 radical (unpaired) electrons. The summed E-state index contributed by atoms with van der Waals surface area (Å²) in [4.78, 5) is 24.0. The SMILES string of the molecule is CCc1nn(C2CCCC2)c2nc(-n3ccnc3)[nH]c(=O)c12. The fourth-order valence-corrected chi connectivity index (χ4v) is 3.26. The zero-order chi connectivity index (χ0) is 15.1. The average molecular weight is 298 g/mol. The number of aromatic nitrogens is 6. The number of H-pyrrole nitrogens is 1. The van der Waals surface area contributed by atoms with Crippen LogP contribution in [0.1, 0.15) is 44.3 Å². The van der Waals surface area contributed by atoms with Crippen LogP contribution in [-0.2, 0) is 6.42 Å². The number of fused-ring (bicyclic) bond motifs is 1. The molecule has 0 spiro atoms. The normalized spacial score (nSPS) is 15.9. The van der Waals surface area contributed by atoms with Crippen molar-refractivity contribution in [1.82, 2.24) is 29.3 Å². The van der Waals surface area contributed by atoms with E-state index < -0.39 is 0 Å². The summed E-state index contributed by atoms with van der Waals surface area (Å²) in [6, 6.07) is 0.354. The van der Waals surface area contributed by atoms with Crippen LogP contribution in [0.2, 0.25) is 0 Å². The van der Waals surface area contributed by atoms with Crippen LogP contribution < -0.4 is 5.56 Å². The van der Waals surface area contributed by atoms with Gasteiger partial charge in [0, 0.05) is 12.4 Å². The Kier molecular flexibility index (Phi) is 3.06. The summed E-state index contributed by atoms with van der Waals surface area (Å²) in [5.41, 5.74) is 1.39. The molecule has 0 amide bonds. The third-order valence-corrected chi connectivity index (χ3v) is 4.38. The summed E-state index contributed by atoms with van der Waals surface area (Å²) in [5.74, 6) is 0.483. The first-order valence-corrected chi connectivity index (χ1v) is 7.77. The van der Waals surface area contributed by atoms with Crippen LogP contribution in [0.5, 0.6) is 0 Å². The van der Waals surface area contributed by atoms with E-state index in [1.807, 2.05) is 11.6 Å². The Morgan fingerprint density at radius 3 is 2.86 bits per heavy atom. The number of aryl methyl sites for hydroxylation is 1. The molecule has 0 unspecified atom stereocenters. The average Bonchev–Trinajstić information content (AvgIpc) is 3.26. The van der Waals surface area contributed by atoms with E-state index in [2.05, 4.69) is 20.1 Å². The lowest BCUT2D eigenvalue weighted by molar-refractivity contribution is 0.474. The predicted molar refractivity (Wildman–Crippen MR) is 82.2 cm³/mol. The van der Waals surface area contributed by atoms with Gasteiger partial charge < -0.3 is 0 Å². The standard InChI is InChI=1S/C15H18N6O/c1-2-11-12-13(21(19-11)10-5-3-4-6-10)17-15(18-14(12)22)20-8-7-16-9-20/h7-10H,2-6H2,1H3,(H,17,18,22). The maximum atomic E-state index is 12.5. The molecule has 1 fully saturated rings. The van der Waals surface area contributed by atoms with E-state index in [9.17, 15) is 4.79 Å². The highest BCUT2D eigenvalue weighted by molar-refractivity contribution is 5.78. The van der Waals surface area contributed by atoms with Crippen LogP contribution in [0.3, 0.4) is 0 Å². The van der Waals surface area contributed by atoms with Crippen LogP contribution in [-0.4, -0.2) is 29.3 Å². The molecule has 0 bridgehead atoms. The van der Waals surface area contributed by atoms with E-state index in [4.69, 9.17) is 0 Å². The summed E-state index contributed by atoms with van der Waals surface area (Å²) < 4.78 is 3.68. The van der Waals surface area contributed by atoms with Crippen molar-refractivity contribution in [2.75, 3.05) is 0 Å². The molecule has 0 aliphatic heterocycles. The van der Waals surface area contributed by atoms with Crippen molar-refractivity contribution in [1.29, 1.82) is 0 Å². The highest BCUT2D eigenvalue weighted by atomic mass is 16.1. The zero-order valence-corrected chi connectivity index (χ0v) is 12.5. The molecule has 1 aliphatic rings. The Morgan fingerprint density at radius 1 is 1.36 bits per heavy atom. The van der Waals surface area contributed by atoms with Gasteiger partial charge in [0.15, 0.2) is 5.65 Å². The fraction of sp³-hybridized carbons (Fsp3) is 0.467. The Morgan fingerprint density at radius 2 is 2.18 bits per heavy atom. The molecular weight excluding hydrogens is 280 g/mol. The Hall–Kier alpha value is -2.44. The van der Waals surface area contributed by atoms with Crippen molar-refractivity contribution < 1.29 is 0 Å². The first kappa shape index (κ1) is 13.2. The van der Waals surface area contributed by atoms with E-state index in [0.717, 1.165) is 25.0 Å². The van der Waals surface area contributed by atoms with Gasteiger partial charge in [0.05, 0.1) is 11.7 Å². The second-order valence-electron chi connectivity index (χ2n) is 5.74. The summed E-state index contributed by atoms with van der Waals surface area (Å²) >= 11 is 0. The Balaban J connectivity index is 1.97. The molecule has 1 aliphatic carbocycles. The molecule has 7 nitrogen and oxygen atoms in total. The van der Waals surface area contributed by atoms with Gasteiger partial charge in [0.25, 0.3) is 5.56 Å². The molecule has 4 rings (SSSR count). The molecule has 0 aromatic carbocycles. The summed E-state index contributed by atoms with van der Waals surface area (Å²) in [7, 11) is 0. The predicted octanol–water partition coefficient (Wildman–Crippen LogP) is 1.98. The lowest BCUT2D eigenvalue weighted by Gasteiger charge is -2.10. The number of nitrogens with one attached hydrogen (secondary N) is 1. The minimum Gasteiger partial charge on any atom is -0.291 e. The number of hydrogen-bond acceptors (Lipinski definition) is 4. The smallest absolute Gasteiger partial charge is 0.263 e. The number of nitrogens with zero attached hydrogens (tertiary/aromatic N) is 5. The Bertz CT molecular complexity index is 854. The third-order valence-electron chi connectivity index (χ3n) is 4.38. The molecule has 114 valence electrons. The van der Waals surface area contributed by atoms with Gasteiger partial charge in [0.1, 0.15) is 11.7 Å². The van der Waals surface area contributed by atoms with Crippen LogP contribution in [0.4, 0.5) is 0 Å². The molecule has 1 N–H and O–H groups in total. The first-order valence-electron chi connectivity index (χ1n) is 7.77. The highest BCUT2D eigenvalue weighted by Crippen LogP contribution is 2.31. The Labute approximate surface area is 127 Å².